The second kappa shape index (κ2) is 7.79. The molecule has 3 nitrogen and oxygen atoms in total. The molecule has 2 aromatic rings. The number of aryl methyl sites for hydroxylation is 2. The molecule has 0 radical (unpaired) electrons. The van der Waals surface area contributed by atoms with Crippen LogP contribution in [0, 0.1) is 0 Å². The molecule has 1 aromatic carbocycles. The fourth-order valence-electron chi connectivity index (χ4n) is 2.31. The highest BCUT2D eigenvalue weighted by molar-refractivity contribution is 5.33. The molecule has 1 aromatic heterocycles. The van der Waals surface area contributed by atoms with E-state index in [4.69, 9.17) is 4.74 Å². The van der Waals surface area contributed by atoms with Gasteiger partial charge in [-0.3, -0.25) is 0 Å². The average Bonchev–Trinajstić information content (AvgIpc) is 2.48. The van der Waals surface area contributed by atoms with Crippen LogP contribution in [0.15, 0.2) is 36.4 Å². The number of nitrogens with zero attached hydrogens (tertiary/aromatic N) is 1. The van der Waals surface area contributed by atoms with E-state index in [2.05, 4.69) is 42.3 Å². The Morgan fingerprint density at radius 3 is 2.67 bits per heavy atom. The minimum Gasteiger partial charge on any atom is -0.439 e. The van der Waals surface area contributed by atoms with Crippen LogP contribution in [0.25, 0.3) is 0 Å². The van der Waals surface area contributed by atoms with Gasteiger partial charge in [0.2, 0.25) is 5.88 Å². The fraction of sp³-hybridized carbons (Fsp3) is 0.389. The summed E-state index contributed by atoms with van der Waals surface area (Å²) in [5.41, 5.74) is 3.57. The molecule has 0 aliphatic carbocycles. The molecule has 0 aliphatic heterocycles. The van der Waals surface area contributed by atoms with Gasteiger partial charge in [-0.2, -0.15) is 0 Å². The fourth-order valence-corrected chi connectivity index (χ4v) is 2.31. The van der Waals surface area contributed by atoms with Crippen molar-refractivity contribution in [2.24, 2.45) is 0 Å². The maximum absolute atomic E-state index is 5.96. The Morgan fingerprint density at radius 1 is 1.10 bits per heavy atom. The van der Waals surface area contributed by atoms with Crippen LogP contribution < -0.4 is 10.1 Å². The van der Waals surface area contributed by atoms with E-state index in [0.29, 0.717) is 5.88 Å². The third-order valence-electron chi connectivity index (χ3n) is 3.33. The van der Waals surface area contributed by atoms with Gasteiger partial charge in [-0.1, -0.05) is 32.4 Å². The van der Waals surface area contributed by atoms with Crippen LogP contribution in [-0.2, 0) is 19.4 Å². The average molecular weight is 284 g/mol. The highest BCUT2D eigenvalue weighted by Gasteiger charge is 2.05. The summed E-state index contributed by atoms with van der Waals surface area (Å²) in [7, 11) is 1.95. The number of hydrogen-bond donors (Lipinski definition) is 1. The first-order valence-corrected chi connectivity index (χ1v) is 7.66. The van der Waals surface area contributed by atoms with E-state index < -0.39 is 0 Å². The van der Waals surface area contributed by atoms with Crippen molar-refractivity contribution in [3.63, 3.8) is 0 Å². The largest absolute Gasteiger partial charge is 0.439 e. The lowest BCUT2D eigenvalue weighted by atomic mass is 10.1. The normalized spacial score (nSPS) is 10.6. The summed E-state index contributed by atoms with van der Waals surface area (Å²) in [5, 5.41) is 3.18. The minimum atomic E-state index is 0.680. The zero-order valence-electron chi connectivity index (χ0n) is 13.1. The molecule has 0 bridgehead atoms. The van der Waals surface area contributed by atoms with Crippen molar-refractivity contribution in [1.29, 1.82) is 0 Å². The zero-order chi connectivity index (χ0) is 15.1. The number of aromatic nitrogens is 1. The maximum Gasteiger partial charge on any atom is 0.219 e. The number of ether oxygens (including phenoxy) is 1. The Morgan fingerprint density at radius 2 is 1.95 bits per heavy atom. The third kappa shape index (κ3) is 4.57. The zero-order valence-corrected chi connectivity index (χ0v) is 13.1. The van der Waals surface area contributed by atoms with Crippen LogP contribution in [0.5, 0.6) is 11.6 Å². The number of rotatable bonds is 7. The Kier molecular flexibility index (Phi) is 5.76. The summed E-state index contributed by atoms with van der Waals surface area (Å²) in [6, 6.07) is 12.3. The quantitative estimate of drug-likeness (QED) is 0.831. The molecule has 2 rings (SSSR count). The smallest absolute Gasteiger partial charge is 0.219 e. The molecule has 0 amide bonds. The molecular weight excluding hydrogens is 260 g/mol. The maximum atomic E-state index is 5.96. The Hall–Kier alpha value is -1.87. The van der Waals surface area contributed by atoms with E-state index in [9.17, 15) is 0 Å². The first-order valence-electron chi connectivity index (χ1n) is 7.66. The number of nitrogens with one attached hydrogen (secondary N) is 1. The Balaban J connectivity index is 2.24. The lowest BCUT2D eigenvalue weighted by Crippen LogP contribution is -2.06. The molecule has 21 heavy (non-hydrogen) atoms. The molecule has 0 unspecified atom stereocenters. The molecule has 0 atom stereocenters. The molecule has 3 heteroatoms. The van der Waals surface area contributed by atoms with Crippen molar-refractivity contribution in [3.8, 4) is 11.6 Å². The molecule has 0 fully saturated rings. The number of benzene rings is 1. The molecule has 0 saturated carbocycles. The van der Waals surface area contributed by atoms with Gasteiger partial charge in [-0.15, -0.1) is 0 Å². The van der Waals surface area contributed by atoms with Gasteiger partial charge in [0, 0.05) is 18.3 Å². The number of pyridine rings is 1. The molecule has 1 N–H and O–H groups in total. The molecule has 0 aliphatic rings. The van der Waals surface area contributed by atoms with Crippen LogP contribution in [-0.4, -0.2) is 12.0 Å². The number of hydrogen-bond acceptors (Lipinski definition) is 3. The standard InChI is InChI=1S/C18H24N2O/c1-4-7-16-10-15(13-19-3)12-18(20-16)21-17-9-6-8-14(5-2)11-17/h6,8-12,19H,4-5,7,13H2,1-3H3. The second-order valence-electron chi connectivity index (χ2n) is 5.19. The van der Waals surface area contributed by atoms with Crippen molar-refractivity contribution in [1.82, 2.24) is 10.3 Å². The summed E-state index contributed by atoms with van der Waals surface area (Å²) in [6.07, 6.45) is 3.06. The van der Waals surface area contributed by atoms with Gasteiger partial charge in [-0.25, -0.2) is 4.98 Å². The summed E-state index contributed by atoms with van der Waals surface area (Å²) < 4.78 is 5.96. The van der Waals surface area contributed by atoms with Crippen LogP contribution >= 0.6 is 0 Å². The Bertz CT molecular complexity index is 557. The second-order valence-corrected chi connectivity index (χ2v) is 5.19. The van der Waals surface area contributed by atoms with Crippen molar-refractivity contribution in [3.05, 3.63) is 53.2 Å². The predicted molar refractivity (Wildman–Crippen MR) is 86.9 cm³/mol. The molecule has 112 valence electrons. The summed E-state index contributed by atoms with van der Waals surface area (Å²) in [5.74, 6) is 1.53. The van der Waals surface area contributed by atoms with E-state index in [1.807, 2.05) is 25.2 Å². The summed E-state index contributed by atoms with van der Waals surface area (Å²) in [6.45, 7) is 5.13. The van der Waals surface area contributed by atoms with E-state index in [-0.39, 0.29) is 0 Å². The molecule has 0 spiro atoms. The van der Waals surface area contributed by atoms with E-state index in [0.717, 1.165) is 37.3 Å². The monoisotopic (exact) mass is 284 g/mol. The summed E-state index contributed by atoms with van der Waals surface area (Å²) >= 11 is 0. The van der Waals surface area contributed by atoms with Gasteiger partial charge in [0.05, 0.1) is 0 Å². The molecule has 0 saturated heterocycles. The summed E-state index contributed by atoms with van der Waals surface area (Å²) in [4.78, 5) is 4.61. The van der Waals surface area contributed by atoms with Crippen LogP contribution in [0.1, 0.15) is 37.1 Å². The van der Waals surface area contributed by atoms with E-state index >= 15 is 0 Å². The van der Waals surface area contributed by atoms with Crippen molar-refractivity contribution in [2.75, 3.05) is 7.05 Å². The van der Waals surface area contributed by atoms with Gasteiger partial charge in [0.25, 0.3) is 0 Å². The van der Waals surface area contributed by atoms with Crippen molar-refractivity contribution >= 4 is 0 Å². The van der Waals surface area contributed by atoms with Gasteiger partial charge in [0.1, 0.15) is 5.75 Å². The van der Waals surface area contributed by atoms with Crippen LogP contribution in [0.3, 0.4) is 0 Å². The lowest BCUT2D eigenvalue weighted by molar-refractivity contribution is 0.459. The first-order chi connectivity index (χ1) is 10.2. The van der Waals surface area contributed by atoms with Gasteiger partial charge < -0.3 is 10.1 Å². The highest BCUT2D eigenvalue weighted by Crippen LogP contribution is 2.23. The van der Waals surface area contributed by atoms with Crippen LogP contribution in [0.4, 0.5) is 0 Å². The molecular formula is C18H24N2O. The van der Waals surface area contributed by atoms with E-state index in [1.165, 1.54) is 11.1 Å². The van der Waals surface area contributed by atoms with Gasteiger partial charge in [-0.05, 0) is 49.2 Å². The van der Waals surface area contributed by atoms with Crippen molar-refractivity contribution in [2.45, 2.75) is 39.7 Å². The predicted octanol–water partition coefficient (Wildman–Crippen LogP) is 4.11. The topological polar surface area (TPSA) is 34.1 Å². The van der Waals surface area contributed by atoms with Crippen molar-refractivity contribution < 1.29 is 4.74 Å². The lowest BCUT2D eigenvalue weighted by Gasteiger charge is -2.10. The third-order valence-corrected chi connectivity index (χ3v) is 3.33. The van der Waals surface area contributed by atoms with Gasteiger partial charge >= 0.3 is 0 Å². The minimum absolute atomic E-state index is 0.680. The first kappa shape index (κ1) is 15.5. The van der Waals surface area contributed by atoms with Gasteiger partial charge in [0.15, 0.2) is 0 Å². The van der Waals surface area contributed by atoms with Crippen LogP contribution in [0.2, 0.25) is 0 Å². The molecule has 1 heterocycles. The SMILES string of the molecule is CCCc1cc(CNC)cc(Oc2cccc(CC)c2)n1. The van der Waals surface area contributed by atoms with E-state index in [1.54, 1.807) is 0 Å². The highest BCUT2D eigenvalue weighted by atomic mass is 16.5. The Labute approximate surface area is 127 Å².